The topological polar surface area (TPSA) is 69.6 Å². The molecule has 1 fully saturated rings. The van der Waals surface area contributed by atoms with E-state index in [0.29, 0.717) is 18.8 Å². The standard InChI is InChI=1S/C17H24N2O3/c1-12(2)14-5-3-4-6-15(14)18-16(21)17(22)19-9-7-13(11-20)8-10-19/h3-6,12-13,20H,7-11H2,1-2H3,(H,18,21). The van der Waals surface area contributed by atoms with Crippen LogP contribution >= 0.6 is 0 Å². The van der Waals surface area contributed by atoms with Gasteiger partial charge in [-0.25, -0.2) is 0 Å². The first-order chi connectivity index (χ1) is 10.5. The number of piperidine rings is 1. The molecule has 1 saturated heterocycles. The number of carbonyl (C=O) groups excluding carboxylic acids is 2. The molecule has 1 aliphatic heterocycles. The number of aliphatic hydroxyl groups excluding tert-OH is 1. The van der Waals surface area contributed by atoms with Gasteiger partial charge >= 0.3 is 11.8 Å². The highest BCUT2D eigenvalue weighted by Crippen LogP contribution is 2.24. The Morgan fingerprint density at radius 1 is 1.27 bits per heavy atom. The fourth-order valence-electron chi connectivity index (χ4n) is 2.75. The summed E-state index contributed by atoms with van der Waals surface area (Å²) in [5, 5.41) is 11.9. The molecule has 0 bridgehead atoms. The summed E-state index contributed by atoms with van der Waals surface area (Å²) in [4.78, 5) is 26.0. The third kappa shape index (κ3) is 3.85. The summed E-state index contributed by atoms with van der Waals surface area (Å²) in [5.41, 5.74) is 1.71. The van der Waals surface area contributed by atoms with E-state index in [1.54, 1.807) is 4.90 Å². The van der Waals surface area contributed by atoms with Crippen molar-refractivity contribution in [2.75, 3.05) is 25.0 Å². The molecule has 0 radical (unpaired) electrons. The van der Waals surface area contributed by atoms with Gasteiger partial charge in [-0.2, -0.15) is 0 Å². The molecule has 5 heteroatoms. The number of nitrogens with one attached hydrogen (secondary N) is 1. The molecular formula is C17H24N2O3. The fourth-order valence-corrected chi connectivity index (χ4v) is 2.75. The molecule has 0 atom stereocenters. The summed E-state index contributed by atoms with van der Waals surface area (Å²) >= 11 is 0. The van der Waals surface area contributed by atoms with Crippen molar-refractivity contribution < 1.29 is 14.7 Å². The molecule has 0 spiro atoms. The van der Waals surface area contributed by atoms with Gasteiger partial charge in [0, 0.05) is 25.4 Å². The van der Waals surface area contributed by atoms with Gasteiger partial charge in [0.15, 0.2) is 0 Å². The van der Waals surface area contributed by atoms with E-state index >= 15 is 0 Å². The van der Waals surface area contributed by atoms with Crippen molar-refractivity contribution in [1.82, 2.24) is 4.90 Å². The van der Waals surface area contributed by atoms with Crippen LogP contribution in [0.1, 0.15) is 38.2 Å². The molecule has 120 valence electrons. The number of aliphatic hydroxyl groups is 1. The zero-order valence-corrected chi connectivity index (χ0v) is 13.2. The highest BCUT2D eigenvalue weighted by molar-refractivity contribution is 6.39. The van der Waals surface area contributed by atoms with Crippen molar-refractivity contribution in [3.63, 3.8) is 0 Å². The molecule has 1 aromatic rings. The Morgan fingerprint density at radius 2 is 1.91 bits per heavy atom. The van der Waals surface area contributed by atoms with Crippen LogP contribution in [0.25, 0.3) is 0 Å². The second-order valence-electron chi connectivity index (χ2n) is 6.11. The van der Waals surface area contributed by atoms with E-state index in [2.05, 4.69) is 5.32 Å². The Hall–Kier alpha value is -1.88. The van der Waals surface area contributed by atoms with Gasteiger partial charge in [-0.15, -0.1) is 0 Å². The van der Waals surface area contributed by atoms with Crippen molar-refractivity contribution in [3.05, 3.63) is 29.8 Å². The highest BCUT2D eigenvalue weighted by Gasteiger charge is 2.27. The Morgan fingerprint density at radius 3 is 2.50 bits per heavy atom. The summed E-state index contributed by atoms with van der Waals surface area (Å²) in [7, 11) is 0. The number of para-hydroxylation sites is 1. The molecule has 2 amide bonds. The van der Waals surface area contributed by atoms with Gasteiger partial charge in [-0.05, 0) is 36.3 Å². The molecule has 0 aromatic heterocycles. The molecule has 1 aromatic carbocycles. The van der Waals surface area contributed by atoms with Gasteiger partial charge < -0.3 is 15.3 Å². The molecular weight excluding hydrogens is 280 g/mol. The lowest BCUT2D eigenvalue weighted by Crippen LogP contribution is -2.44. The summed E-state index contributed by atoms with van der Waals surface area (Å²) in [6, 6.07) is 7.54. The van der Waals surface area contributed by atoms with Crippen LogP contribution in [0.5, 0.6) is 0 Å². The lowest BCUT2D eigenvalue weighted by Gasteiger charge is -2.30. The molecule has 22 heavy (non-hydrogen) atoms. The van der Waals surface area contributed by atoms with Crippen LogP contribution in [-0.2, 0) is 9.59 Å². The molecule has 0 saturated carbocycles. The number of rotatable bonds is 3. The van der Waals surface area contributed by atoms with Gasteiger partial charge in [0.2, 0.25) is 0 Å². The largest absolute Gasteiger partial charge is 0.396 e. The Balaban J connectivity index is 1.99. The van der Waals surface area contributed by atoms with E-state index in [4.69, 9.17) is 5.11 Å². The maximum Gasteiger partial charge on any atom is 0.313 e. The molecule has 0 unspecified atom stereocenters. The third-order valence-corrected chi connectivity index (χ3v) is 4.19. The molecule has 5 nitrogen and oxygen atoms in total. The van der Waals surface area contributed by atoms with Gasteiger partial charge in [0.1, 0.15) is 0 Å². The Labute approximate surface area is 131 Å². The maximum absolute atomic E-state index is 12.2. The third-order valence-electron chi connectivity index (χ3n) is 4.19. The SMILES string of the molecule is CC(C)c1ccccc1NC(=O)C(=O)N1CCC(CO)CC1. The van der Waals surface area contributed by atoms with Crippen LogP contribution in [-0.4, -0.2) is 41.5 Å². The predicted octanol–water partition coefficient (Wildman–Crippen LogP) is 1.98. The monoisotopic (exact) mass is 304 g/mol. The summed E-state index contributed by atoms with van der Waals surface area (Å²) in [5.74, 6) is -0.564. The number of hydrogen-bond acceptors (Lipinski definition) is 3. The number of hydrogen-bond donors (Lipinski definition) is 2. The average molecular weight is 304 g/mol. The first-order valence-corrected chi connectivity index (χ1v) is 7.83. The number of anilines is 1. The minimum absolute atomic E-state index is 0.149. The van der Waals surface area contributed by atoms with Crippen molar-refractivity contribution in [3.8, 4) is 0 Å². The van der Waals surface area contributed by atoms with Crippen LogP contribution < -0.4 is 5.32 Å². The van der Waals surface area contributed by atoms with Crippen LogP contribution in [0, 0.1) is 5.92 Å². The van der Waals surface area contributed by atoms with E-state index < -0.39 is 11.8 Å². The molecule has 0 aliphatic carbocycles. The van der Waals surface area contributed by atoms with E-state index in [1.807, 2.05) is 38.1 Å². The average Bonchev–Trinajstić information content (AvgIpc) is 2.54. The minimum Gasteiger partial charge on any atom is -0.396 e. The van der Waals surface area contributed by atoms with Crippen molar-refractivity contribution >= 4 is 17.5 Å². The summed E-state index contributed by atoms with van der Waals surface area (Å²) in [6.07, 6.45) is 1.50. The van der Waals surface area contributed by atoms with Gasteiger partial charge in [0.25, 0.3) is 0 Å². The number of likely N-dealkylation sites (tertiary alicyclic amines) is 1. The van der Waals surface area contributed by atoms with Gasteiger partial charge in [-0.3, -0.25) is 9.59 Å². The van der Waals surface area contributed by atoms with Crippen molar-refractivity contribution in [2.45, 2.75) is 32.6 Å². The minimum atomic E-state index is -0.587. The second kappa shape index (κ2) is 7.40. The quantitative estimate of drug-likeness (QED) is 0.839. The van der Waals surface area contributed by atoms with E-state index in [9.17, 15) is 9.59 Å². The summed E-state index contributed by atoms with van der Waals surface area (Å²) < 4.78 is 0. The van der Waals surface area contributed by atoms with Crippen LogP contribution in [0.15, 0.2) is 24.3 Å². The van der Waals surface area contributed by atoms with Gasteiger partial charge in [-0.1, -0.05) is 32.0 Å². The fraction of sp³-hybridized carbons (Fsp3) is 0.529. The maximum atomic E-state index is 12.2. The Kier molecular flexibility index (Phi) is 5.55. The number of benzene rings is 1. The number of amides is 2. The van der Waals surface area contributed by atoms with Crippen molar-refractivity contribution in [2.24, 2.45) is 5.92 Å². The van der Waals surface area contributed by atoms with Crippen molar-refractivity contribution in [1.29, 1.82) is 0 Å². The van der Waals surface area contributed by atoms with Gasteiger partial charge in [0.05, 0.1) is 0 Å². The van der Waals surface area contributed by atoms with Crippen LogP contribution in [0.3, 0.4) is 0 Å². The molecule has 1 aliphatic rings. The van der Waals surface area contributed by atoms with Crippen LogP contribution in [0.2, 0.25) is 0 Å². The highest BCUT2D eigenvalue weighted by atomic mass is 16.3. The number of carbonyl (C=O) groups is 2. The lowest BCUT2D eigenvalue weighted by molar-refractivity contribution is -0.144. The second-order valence-corrected chi connectivity index (χ2v) is 6.11. The smallest absolute Gasteiger partial charge is 0.313 e. The zero-order valence-electron chi connectivity index (χ0n) is 13.2. The molecule has 2 rings (SSSR count). The van der Waals surface area contributed by atoms with Crippen LogP contribution in [0.4, 0.5) is 5.69 Å². The van der Waals surface area contributed by atoms with E-state index in [-0.39, 0.29) is 18.4 Å². The zero-order chi connectivity index (χ0) is 16.1. The lowest BCUT2D eigenvalue weighted by atomic mass is 9.98. The number of nitrogens with zero attached hydrogens (tertiary/aromatic N) is 1. The first-order valence-electron chi connectivity index (χ1n) is 7.83. The molecule has 1 heterocycles. The normalized spacial score (nSPS) is 15.9. The molecule has 2 N–H and O–H groups in total. The predicted molar refractivity (Wildman–Crippen MR) is 85.6 cm³/mol. The Bertz CT molecular complexity index is 534. The summed E-state index contributed by atoms with van der Waals surface area (Å²) in [6.45, 7) is 5.31. The van der Waals surface area contributed by atoms with E-state index in [0.717, 1.165) is 18.4 Å². The first kappa shape index (κ1) is 16.5. The van der Waals surface area contributed by atoms with E-state index in [1.165, 1.54) is 0 Å².